The lowest BCUT2D eigenvalue weighted by atomic mass is 10.0. The van der Waals surface area contributed by atoms with E-state index in [4.69, 9.17) is 4.74 Å². The van der Waals surface area contributed by atoms with Gasteiger partial charge in [0.2, 0.25) is 5.91 Å². The quantitative estimate of drug-likeness (QED) is 0.707. The van der Waals surface area contributed by atoms with E-state index in [1.807, 2.05) is 6.92 Å². The van der Waals surface area contributed by atoms with Gasteiger partial charge in [0.05, 0.1) is 12.6 Å². The number of hydrogen-bond donors (Lipinski definition) is 2. The van der Waals surface area contributed by atoms with Gasteiger partial charge in [-0.05, 0) is 32.2 Å². The Morgan fingerprint density at radius 3 is 2.82 bits per heavy atom. The van der Waals surface area contributed by atoms with Gasteiger partial charge in [-0.2, -0.15) is 0 Å². The van der Waals surface area contributed by atoms with E-state index >= 15 is 0 Å². The van der Waals surface area contributed by atoms with Crippen LogP contribution in [0.3, 0.4) is 0 Å². The van der Waals surface area contributed by atoms with E-state index in [0.29, 0.717) is 31.6 Å². The van der Waals surface area contributed by atoms with Gasteiger partial charge in [-0.15, -0.1) is 0 Å². The summed E-state index contributed by atoms with van der Waals surface area (Å²) >= 11 is 0. The molecule has 2 N–H and O–H groups in total. The van der Waals surface area contributed by atoms with Crippen molar-refractivity contribution in [2.75, 3.05) is 19.8 Å². The third-order valence-electron chi connectivity index (χ3n) is 3.25. The minimum atomic E-state index is 0.129. The Labute approximate surface area is 104 Å². The van der Waals surface area contributed by atoms with E-state index in [0.717, 1.165) is 13.0 Å². The van der Waals surface area contributed by atoms with Crippen molar-refractivity contribution in [3.63, 3.8) is 0 Å². The zero-order valence-electron chi connectivity index (χ0n) is 11.3. The number of carbonyl (C=O) groups excluding carboxylic acids is 1. The average Bonchev–Trinajstić information content (AvgIpc) is 2.76. The Balaban J connectivity index is 2.29. The molecule has 0 aromatic rings. The van der Waals surface area contributed by atoms with Crippen LogP contribution in [0.15, 0.2) is 0 Å². The minimum absolute atomic E-state index is 0.129. The van der Waals surface area contributed by atoms with Gasteiger partial charge >= 0.3 is 0 Å². The predicted octanol–water partition coefficient (Wildman–Crippen LogP) is 1.31. The van der Waals surface area contributed by atoms with Crippen molar-refractivity contribution in [1.29, 1.82) is 0 Å². The first-order valence-electron chi connectivity index (χ1n) is 6.74. The Morgan fingerprint density at radius 1 is 1.53 bits per heavy atom. The molecule has 2 atom stereocenters. The van der Waals surface area contributed by atoms with Crippen molar-refractivity contribution in [2.24, 2.45) is 5.92 Å². The smallest absolute Gasteiger partial charge is 0.221 e. The largest absolute Gasteiger partial charge is 0.380 e. The van der Waals surface area contributed by atoms with Crippen LogP contribution in [0, 0.1) is 5.92 Å². The summed E-state index contributed by atoms with van der Waals surface area (Å²) < 4.78 is 5.40. The maximum absolute atomic E-state index is 11.9. The van der Waals surface area contributed by atoms with Crippen LogP contribution < -0.4 is 10.6 Å². The van der Waals surface area contributed by atoms with E-state index in [2.05, 4.69) is 24.5 Å². The van der Waals surface area contributed by atoms with Crippen molar-refractivity contribution < 1.29 is 9.53 Å². The summed E-state index contributed by atoms with van der Waals surface area (Å²) in [5, 5.41) is 6.42. The van der Waals surface area contributed by atoms with Gasteiger partial charge in [-0.25, -0.2) is 0 Å². The molecule has 1 saturated heterocycles. The number of hydrogen-bond acceptors (Lipinski definition) is 3. The van der Waals surface area contributed by atoms with Crippen LogP contribution in [-0.4, -0.2) is 37.7 Å². The van der Waals surface area contributed by atoms with Crippen LogP contribution in [0.25, 0.3) is 0 Å². The van der Waals surface area contributed by atoms with Gasteiger partial charge in [0.25, 0.3) is 0 Å². The van der Waals surface area contributed by atoms with Crippen LogP contribution in [0.5, 0.6) is 0 Å². The normalized spacial score (nSPS) is 21.8. The summed E-state index contributed by atoms with van der Waals surface area (Å²) in [5.41, 5.74) is 0. The molecule has 1 fully saturated rings. The molecule has 4 heteroatoms. The zero-order chi connectivity index (χ0) is 12.7. The summed E-state index contributed by atoms with van der Waals surface area (Å²) in [6.45, 7) is 8.54. The van der Waals surface area contributed by atoms with Crippen molar-refractivity contribution in [3.8, 4) is 0 Å². The predicted molar refractivity (Wildman–Crippen MR) is 68.9 cm³/mol. The fourth-order valence-electron chi connectivity index (χ4n) is 2.07. The van der Waals surface area contributed by atoms with E-state index in [9.17, 15) is 4.79 Å². The van der Waals surface area contributed by atoms with Crippen LogP contribution in [0.2, 0.25) is 0 Å². The molecule has 0 spiro atoms. The SMILES string of the molecule is CCOCC(NC(=O)CC1CCCN1)C(C)C. The maximum atomic E-state index is 11.9. The summed E-state index contributed by atoms with van der Waals surface area (Å²) in [7, 11) is 0. The number of ether oxygens (including phenoxy) is 1. The molecule has 1 aliphatic heterocycles. The second-order valence-corrected chi connectivity index (χ2v) is 5.07. The van der Waals surface area contributed by atoms with E-state index < -0.39 is 0 Å². The van der Waals surface area contributed by atoms with Gasteiger partial charge in [0.1, 0.15) is 0 Å². The summed E-state index contributed by atoms with van der Waals surface area (Å²) in [4.78, 5) is 11.9. The van der Waals surface area contributed by atoms with E-state index in [-0.39, 0.29) is 11.9 Å². The van der Waals surface area contributed by atoms with Crippen molar-refractivity contribution in [3.05, 3.63) is 0 Å². The molecule has 2 unspecified atom stereocenters. The molecule has 0 radical (unpaired) electrons. The van der Waals surface area contributed by atoms with Gasteiger partial charge < -0.3 is 15.4 Å². The number of carbonyl (C=O) groups is 1. The standard InChI is InChI=1S/C13H26N2O2/c1-4-17-9-12(10(2)3)15-13(16)8-11-6-5-7-14-11/h10-12,14H,4-9H2,1-3H3,(H,15,16). The number of nitrogens with one attached hydrogen (secondary N) is 2. The van der Waals surface area contributed by atoms with Crippen LogP contribution in [-0.2, 0) is 9.53 Å². The summed E-state index contributed by atoms with van der Waals surface area (Å²) in [6.07, 6.45) is 2.89. The van der Waals surface area contributed by atoms with Gasteiger partial charge in [-0.1, -0.05) is 13.8 Å². The molecule has 100 valence electrons. The van der Waals surface area contributed by atoms with E-state index in [1.165, 1.54) is 6.42 Å². The third-order valence-corrected chi connectivity index (χ3v) is 3.25. The zero-order valence-corrected chi connectivity index (χ0v) is 11.3. The molecule has 0 aromatic carbocycles. The molecule has 4 nitrogen and oxygen atoms in total. The fraction of sp³-hybridized carbons (Fsp3) is 0.923. The van der Waals surface area contributed by atoms with Crippen molar-refractivity contribution >= 4 is 5.91 Å². The van der Waals surface area contributed by atoms with Crippen LogP contribution in [0.1, 0.15) is 40.0 Å². The molecule has 0 aromatic heterocycles. The van der Waals surface area contributed by atoms with Gasteiger partial charge in [0, 0.05) is 19.1 Å². The molecule has 0 bridgehead atoms. The van der Waals surface area contributed by atoms with Crippen LogP contribution in [0.4, 0.5) is 0 Å². The lowest BCUT2D eigenvalue weighted by molar-refractivity contribution is -0.123. The number of amides is 1. The molecule has 17 heavy (non-hydrogen) atoms. The molecule has 1 amide bonds. The number of rotatable bonds is 7. The second kappa shape index (κ2) is 7.67. The first kappa shape index (κ1) is 14.5. The molecule has 0 aliphatic carbocycles. The molecule has 0 saturated carbocycles. The Hall–Kier alpha value is -0.610. The summed E-state index contributed by atoms with van der Waals surface area (Å²) in [5.74, 6) is 0.546. The molecule has 1 aliphatic rings. The first-order valence-corrected chi connectivity index (χ1v) is 6.74. The van der Waals surface area contributed by atoms with Crippen molar-refractivity contribution in [1.82, 2.24) is 10.6 Å². The Bertz CT molecular complexity index is 225. The summed E-state index contributed by atoms with van der Waals surface area (Å²) in [6, 6.07) is 0.499. The highest BCUT2D eigenvalue weighted by Gasteiger charge is 2.21. The molecule has 1 rings (SSSR count). The first-order chi connectivity index (χ1) is 8.13. The maximum Gasteiger partial charge on any atom is 0.221 e. The van der Waals surface area contributed by atoms with E-state index in [1.54, 1.807) is 0 Å². The minimum Gasteiger partial charge on any atom is -0.380 e. The highest BCUT2D eigenvalue weighted by atomic mass is 16.5. The monoisotopic (exact) mass is 242 g/mol. The highest BCUT2D eigenvalue weighted by molar-refractivity contribution is 5.77. The molecular formula is C13H26N2O2. The van der Waals surface area contributed by atoms with Gasteiger partial charge in [-0.3, -0.25) is 4.79 Å². The third kappa shape index (κ3) is 5.50. The Kier molecular flexibility index (Phi) is 6.52. The van der Waals surface area contributed by atoms with Crippen LogP contribution >= 0.6 is 0 Å². The van der Waals surface area contributed by atoms with Crippen molar-refractivity contribution in [2.45, 2.75) is 52.1 Å². The fourth-order valence-corrected chi connectivity index (χ4v) is 2.07. The Morgan fingerprint density at radius 2 is 2.29 bits per heavy atom. The van der Waals surface area contributed by atoms with Gasteiger partial charge in [0.15, 0.2) is 0 Å². The lowest BCUT2D eigenvalue weighted by Crippen LogP contribution is -2.43. The molecule has 1 heterocycles. The second-order valence-electron chi connectivity index (χ2n) is 5.07. The topological polar surface area (TPSA) is 50.4 Å². The molecular weight excluding hydrogens is 216 g/mol. The average molecular weight is 242 g/mol. The lowest BCUT2D eigenvalue weighted by Gasteiger charge is -2.23. The highest BCUT2D eigenvalue weighted by Crippen LogP contribution is 2.09.